The summed E-state index contributed by atoms with van der Waals surface area (Å²) in [6.45, 7) is 12.1. The second kappa shape index (κ2) is 7.83. The van der Waals surface area contributed by atoms with Gasteiger partial charge in [0.25, 0.3) is 0 Å². The van der Waals surface area contributed by atoms with Crippen molar-refractivity contribution >= 4 is 0 Å². The standard InChI is InChI=1S/C27H44O2/c1-17(2)7-6-8-18(3)22-11-12-23-21-10-9-19-15-20(28)16-25(29)27(19,5)24(21)13-14-26(22,23)4/h9-10,17-18,20,22-25,28-29H,6-8,11-16H2,1-5H3/t18?,20?,22-,23+,24+,25?,26-,27+/m1/s1. The van der Waals surface area contributed by atoms with Crippen LogP contribution >= 0.6 is 0 Å². The van der Waals surface area contributed by atoms with E-state index in [0.717, 1.165) is 24.2 Å². The van der Waals surface area contributed by atoms with Crippen LogP contribution in [0.5, 0.6) is 0 Å². The minimum absolute atomic E-state index is 0.161. The Morgan fingerprint density at radius 1 is 1.00 bits per heavy atom. The van der Waals surface area contributed by atoms with Crippen LogP contribution in [0.25, 0.3) is 0 Å². The van der Waals surface area contributed by atoms with E-state index in [-0.39, 0.29) is 11.5 Å². The monoisotopic (exact) mass is 400 g/mol. The molecule has 0 heterocycles. The minimum atomic E-state index is -0.414. The molecule has 3 saturated carbocycles. The first-order chi connectivity index (χ1) is 13.7. The van der Waals surface area contributed by atoms with Gasteiger partial charge in [-0.05, 0) is 67.1 Å². The highest BCUT2D eigenvalue weighted by atomic mass is 16.3. The van der Waals surface area contributed by atoms with Gasteiger partial charge < -0.3 is 10.2 Å². The van der Waals surface area contributed by atoms with Gasteiger partial charge in [0.15, 0.2) is 0 Å². The molecule has 8 atom stereocenters. The molecular formula is C27H44O2. The Balaban J connectivity index is 1.55. The largest absolute Gasteiger partial charge is 0.393 e. The lowest BCUT2D eigenvalue weighted by molar-refractivity contribution is -0.0544. The molecule has 0 radical (unpaired) electrons. The highest BCUT2D eigenvalue weighted by molar-refractivity contribution is 5.40. The molecule has 164 valence electrons. The number of rotatable bonds is 5. The summed E-state index contributed by atoms with van der Waals surface area (Å²) in [5, 5.41) is 21.2. The molecule has 3 unspecified atom stereocenters. The Bertz CT molecular complexity index is 676. The summed E-state index contributed by atoms with van der Waals surface area (Å²) in [4.78, 5) is 0. The first-order valence-corrected chi connectivity index (χ1v) is 12.4. The van der Waals surface area contributed by atoms with Crippen molar-refractivity contribution in [3.63, 3.8) is 0 Å². The summed E-state index contributed by atoms with van der Waals surface area (Å²) in [5.41, 5.74) is 3.20. The molecule has 4 rings (SSSR count). The number of aliphatic hydroxyl groups is 2. The summed E-state index contributed by atoms with van der Waals surface area (Å²) < 4.78 is 0. The van der Waals surface area contributed by atoms with Gasteiger partial charge in [-0.25, -0.2) is 0 Å². The quantitative estimate of drug-likeness (QED) is 0.570. The van der Waals surface area contributed by atoms with Crippen LogP contribution in [0.3, 0.4) is 0 Å². The number of fused-ring (bicyclic) bond motifs is 5. The van der Waals surface area contributed by atoms with E-state index < -0.39 is 6.10 Å². The maximum atomic E-state index is 11.0. The summed E-state index contributed by atoms with van der Waals surface area (Å²) in [6.07, 6.45) is 14.5. The van der Waals surface area contributed by atoms with Gasteiger partial charge in [0, 0.05) is 11.8 Å². The lowest BCUT2D eigenvalue weighted by atomic mass is 9.49. The highest BCUT2D eigenvalue weighted by Gasteiger charge is 2.58. The smallest absolute Gasteiger partial charge is 0.0661 e. The molecule has 29 heavy (non-hydrogen) atoms. The summed E-state index contributed by atoms with van der Waals surface area (Å²) >= 11 is 0. The van der Waals surface area contributed by atoms with E-state index in [1.165, 1.54) is 50.5 Å². The molecule has 2 N–H and O–H groups in total. The molecule has 0 aliphatic heterocycles. The predicted molar refractivity (Wildman–Crippen MR) is 120 cm³/mol. The maximum absolute atomic E-state index is 11.0. The van der Waals surface area contributed by atoms with Crippen LogP contribution in [0.2, 0.25) is 0 Å². The molecule has 3 fully saturated rings. The fraction of sp³-hybridized carbons (Fsp3) is 0.852. The molecule has 0 aromatic rings. The first kappa shape index (κ1) is 21.6. The number of allylic oxidation sites excluding steroid dienone is 3. The Morgan fingerprint density at radius 3 is 2.48 bits per heavy atom. The third-order valence-electron chi connectivity index (χ3n) is 9.85. The number of aliphatic hydroxyl groups excluding tert-OH is 2. The van der Waals surface area contributed by atoms with Gasteiger partial charge in [-0.3, -0.25) is 0 Å². The van der Waals surface area contributed by atoms with Crippen LogP contribution in [-0.2, 0) is 0 Å². The Morgan fingerprint density at radius 2 is 1.76 bits per heavy atom. The lowest BCUT2D eigenvalue weighted by Crippen LogP contribution is -2.52. The first-order valence-electron chi connectivity index (χ1n) is 12.4. The topological polar surface area (TPSA) is 40.5 Å². The van der Waals surface area contributed by atoms with Crippen molar-refractivity contribution in [3.8, 4) is 0 Å². The van der Waals surface area contributed by atoms with E-state index in [0.29, 0.717) is 23.7 Å². The molecular weight excluding hydrogens is 356 g/mol. The average Bonchev–Trinajstić information content (AvgIpc) is 3.00. The van der Waals surface area contributed by atoms with Gasteiger partial charge in [-0.1, -0.05) is 77.2 Å². The predicted octanol–water partition coefficient (Wildman–Crippen LogP) is 6.28. The van der Waals surface area contributed by atoms with E-state index in [9.17, 15) is 10.2 Å². The van der Waals surface area contributed by atoms with Gasteiger partial charge in [0.1, 0.15) is 0 Å². The molecule has 0 spiro atoms. The molecule has 0 aromatic heterocycles. The molecule has 2 heteroatoms. The molecule has 0 amide bonds. The maximum Gasteiger partial charge on any atom is 0.0661 e. The van der Waals surface area contributed by atoms with Crippen molar-refractivity contribution in [1.29, 1.82) is 0 Å². The van der Waals surface area contributed by atoms with Crippen molar-refractivity contribution in [1.82, 2.24) is 0 Å². The summed E-state index contributed by atoms with van der Waals surface area (Å²) in [6, 6.07) is 0. The van der Waals surface area contributed by atoms with Crippen molar-refractivity contribution in [2.45, 2.75) is 105 Å². The molecule has 0 aromatic carbocycles. The third kappa shape index (κ3) is 3.47. The lowest BCUT2D eigenvalue weighted by Gasteiger charge is -2.56. The van der Waals surface area contributed by atoms with Gasteiger partial charge >= 0.3 is 0 Å². The SMILES string of the molecule is CC(C)CCCC(C)[C@H]1CC[C@H]2C3=CC=C4CC(O)CC(O)[C@]4(C)[C@H]3CC[C@]12C. The third-order valence-corrected chi connectivity index (χ3v) is 9.85. The minimum Gasteiger partial charge on any atom is -0.393 e. The van der Waals surface area contributed by atoms with Crippen LogP contribution in [0, 0.1) is 40.4 Å². The van der Waals surface area contributed by atoms with Crippen LogP contribution in [0.15, 0.2) is 23.3 Å². The van der Waals surface area contributed by atoms with Crippen molar-refractivity contribution in [2.75, 3.05) is 0 Å². The van der Waals surface area contributed by atoms with Crippen LogP contribution in [0.1, 0.15) is 92.4 Å². The van der Waals surface area contributed by atoms with E-state index in [1.807, 2.05) is 0 Å². The second-order valence-corrected chi connectivity index (χ2v) is 11.9. The zero-order chi connectivity index (χ0) is 21.0. The van der Waals surface area contributed by atoms with Crippen molar-refractivity contribution in [2.24, 2.45) is 40.4 Å². The summed E-state index contributed by atoms with van der Waals surface area (Å²) in [5.74, 6) is 3.64. The molecule has 0 saturated heterocycles. The van der Waals surface area contributed by atoms with E-state index in [2.05, 4.69) is 46.8 Å². The fourth-order valence-electron chi connectivity index (χ4n) is 8.07. The molecule has 4 aliphatic carbocycles. The van der Waals surface area contributed by atoms with Gasteiger partial charge in [0.2, 0.25) is 0 Å². The Hall–Kier alpha value is -0.600. The van der Waals surface area contributed by atoms with Crippen LogP contribution < -0.4 is 0 Å². The average molecular weight is 401 g/mol. The number of hydrogen-bond acceptors (Lipinski definition) is 2. The number of hydrogen-bond donors (Lipinski definition) is 2. The van der Waals surface area contributed by atoms with Crippen LogP contribution in [-0.4, -0.2) is 22.4 Å². The van der Waals surface area contributed by atoms with E-state index in [1.54, 1.807) is 5.57 Å². The highest BCUT2D eigenvalue weighted by Crippen LogP contribution is 2.66. The fourth-order valence-corrected chi connectivity index (χ4v) is 8.07. The molecule has 2 nitrogen and oxygen atoms in total. The zero-order valence-corrected chi connectivity index (χ0v) is 19.5. The van der Waals surface area contributed by atoms with Gasteiger partial charge in [0.05, 0.1) is 12.2 Å². The van der Waals surface area contributed by atoms with E-state index in [4.69, 9.17) is 0 Å². The Labute approximate surface area is 178 Å². The second-order valence-electron chi connectivity index (χ2n) is 11.9. The van der Waals surface area contributed by atoms with Gasteiger partial charge in [-0.15, -0.1) is 0 Å². The van der Waals surface area contributed by atoms with Crippen LogP contribution in [0.4, 0.5) is 0 Å². The molecule has 4 aliphatic rings. The van der Waals surface area contributed by atoms with Crippen molar-refractivity contribution < 1.29 is 10.2 Å². The zero-order valence-electron chi connectivity index (χ0n) is 19.5. The normalized spacial score (nSPS) is 45.2. The Kier molecular flexibility index (Phi) is 5.84. The van der Waals surface area contributed by atoms with Gasteiger partial charge in [-0.2, -0.15) is 0 Å². The van der Waals surface area contributed by atoms with Crippen molar-refractivity contribution in [3.05, 3.63) is 23.3 Å². The van der Waals surface area contributed by atoms with E-state index >= 15 is 0 Å². The molecule has 0 bridgehead atoms. The summed E-state index contributed by atoms with van der Waals surface area (Å²) in [7, 11) is 0.